The fourth-order valence-electron chi connectivity index (χ4n) is 2.25. The van der Waals surface area contributed by atoms with Crippen LogP contribution in [0.3, 0.4) is 0 Å². The molecule has 0 fully saturated rings. The second kappa shape index (κ2) is 8.81. The standard InChI is InChI=1S/C19H22F3N3O3/c1-11(2)12(3)24-17(26)9-23-16-5-4-14(8-15(16)19(20,21)22)25-18(27)13-6-7-28-10-13/h4-8,10-12,23H,9H2,1-3H3,(H,24,26)(H,25,27). The lowest BCUT2D eigenvalue weighted by atomic mass is 10.1. The van der Waals surface area contributed by atoms with E-state index in [4.69, 9.17) is 4.42 Å². The van der Waals surface area contributed by atoms with Gasteiger partial charge in [-0.15, -0.1) is 0 Å². The van der Waals surface area contributed by atoms with Crippen molar-refractivity contribution in [2.75, 3.05) is 17.2 Å². The summed E-state index contributed by atoms with van der Waals surface area (Å²) in [4.78, 5) is 23.9. The van der Waals surface area contributed by atoms with E-state index in [1.165, 1.54) is 30.7 Å². The van der Waals surface area contributed by atoms with Gasteiger partial charge in [-0.05, 0) is 37.1 Å². The van der Waals surface area contributed by atoms with Crippen LogP contribution in [0.1, 0.15) is 36.7 Å². The number of carbonyl (C=O) groups is 2. The van der Waals surface area contributed by atoms with Gasteiger partial charge >= 0.3 is 6.18 Å². The highest BCUT2D eigenvalue weighted by molar-refractivity contribution is 6.04. The number of rotatable bonds is 7. The quantitative estimate of drug-likeness (QED) is 0.656. The van der Waals surface area contributed by atoms with Crippen LogP contribution in [0.2, 0.25) is 0 Å². The van der Waals surface area contributed by atoms with Crippen molar-refractivity contribution in [2.24, 2.45) is 5.92 Å². The van der Waals surface area contributed by atoms with Crippen molar-refractivity contribution in [1.29, 1.82) is 0 Å². The molecule has 0 saturated heterocycles. The molecular formula is C19H22F3N3O3. The fraction of sp³-hybridized carbons (Fsp3) is 0.368. The smallest absolute Gasteiger partial charge is 0.418 e. The monoisotopic (exact) mass is 397 g/mol. The molecule has 0 aliphatic carbocycles. The van der Waals surface area contributed by atoms with Crippen molar-refractivity contribution in [3.63, 3.8) is 0 Å². The molecule has 1 unspecified atom stereocenters. The van der Waals surface area contributed by atoms with Gasteiger partial charge in [-0.25, -0.2) is 0 Å². The zero-order valence-corrected chi connectivity index (χ0v) is 15.7. The third kappa shape index (κ3) is 5.77. The van der Waals surface area contributed by atoms with E-state index in [0.717, 1.165) is 6.07 Å². The topological polar surface area (TPSA) is 83.4 Å². The Hall–Kier alpha value is -2.97. The summed E-state index contributed by atoms with van der Waals surface area (Å²) in [6.07, 6.45) is -2.19. The summed E-state index contributed by atoms with van der Waals surface area (Å²) in [5.74, 6) is -0.802. The third-order valence-electron chi connectivity index (χ3n) is 4.19. The number of hydrogen-bond acceptors (Lipinski definition) is 4. The minimum Gasteiger partial charge on any atom is -0.472 e. The maximum absolute atomic E-state index is 13.4. The van der Waals surface area contributed by atoms with Crippen molar-refractivity contribution in [2.45, 2.75) is 33.0 Å². The van der Waals surface area contributed by atoms with Crippen molar-refractivity contribution in [3.8, 4) is 0 Å². The molecule has 0 bridgehead atoms. The molecule has 1 heterocycles. The Labute approximate surface area is 160 Å². The van der Waals surface area contributed by atoms with Crippen LogP contribution in [-0.2, 0) is 11.0 Å². The maximum atomic E-state index is 13.4. The Morgan fingerprint density at radius 1 is 1.14 bits per heavy atom. The van der Waals surface area contributed by atoms with Crippen LogP contribution in [-0.4, -0.2) is 24.4 Å². The minimum absolute atomic E-state index is 0.0260. The summed E-state index contributed by atoms with van der Waals surface area (Å²) in [7, 11) is 0. The zero-order valence-electron chi connectivity index (χ0n) is 15.7. The van der Waals surface area contributed by atoms with Gasteiger partial charge in [0.1, 0.15) is 6.26 Å². The average Bonchev–Trinajstić information content (AvgIpc) is 3.14. The molecule has 9 heteroatoms. The summed E-state index contributed by atoms with van der Waals surface area (Å²) in [6.45, 7) is 5.37. The van der Waals surface area contributed by atoms with Gasteiger partial charge in [0.25, 0.3) is 5.91 Å². The Morgan fingerprint density at radius 2 is 1.86 bits per heavy atom. The highest BCUT2D eigenvalue weighted by Gasteiger charge is 2.34. The number of nitrogens with one attached hydrogen (secondary N) is 3. The molecule has 1 atom stereocenters. The van der Waals surface area contributed by atoms with E-state index < -0.39 is 23.6 Å². The first kappa shape index (κ1) is 21.3. The van der Waals surface area contributed by atoms with Gasteiger partial charge in [0, 0.05) is 17.4 Å². The SMILES string of the molecule is CC(C)C(C)NC(=O)CNc1ccc(NC(=O)c2ccoc2)cc1C(F)(F)F. The lowest BCUT2D eigenvalue weighted by Gasteiger charge is -2.19. The highest BCUT2D eigenvalue weighted by atomic mass is 19.4. The number of alkyl halides is 3. The first-order chi connectivity index (χ1) is 13.1. The zero-order chi connectivity index (χ0) is 20.9. The van der Waals surface area contributed by atoms with Gasteiger partial charge in [-0.2, -0.15) is 13.2 Å². The van der Waals surface area contributed by atoms with E-state index in [-0.39, 0.29) is 35.4 Å². The molecule has 6 nitrogen and oxygen atoms in total. The molecule has 1 aromatic carbocycles. The number of anilines is 2. The van der Waals surface area contributed by atoms with Crippen molar-refractivity contribution in [1.82, 2.24) is 5.32 Å². The summed E-state index contributed by atoms with van der Waals surface area (Å²) in [5, 5.41) is 7.61. The van der Waals surface area contributed by atoms with E-state index in [2.05, 4.69) is 16.0 Å². The van der Waals surface area contributed by atoms with Gasteiger partial charge in [-0.3, -0.25) is 9.59 Å². The van der Waals surface area contributed by atoms with Crippen LogP contribution in [0.25, 0.3) is 0 Å². The molecule has 28 heavy (non-hydrogen) atoms. The summed E-state index contributed by atoms with van der Waals surface area (Å²) in [5.41, 5.74) is -1.07. The van der Waals surface area contributed by atoms with Gasteiger partial charge in [0.15, 0.2) is 0 Å². The van der Waals surface area contributed by atoms with E-state index in [9.17, 15) is 22.8 Å². The molecule has 0 radical (unpaired) electrons. The van der Waals surface area contributed by atoms with Gasteiger partial charge in [-0.1, -0.05) is 13.8 Å². The average molecular weight is 397 g/mol. The molecular weight excluding hydrogens is 375 g/mol. The Kier molecular flexibility index (Phi) is 6.71. The minimum atomic E-state index is -4.67. The van der Waals surface area contributed by atoms with E-state index >= 15 is 0 Å². The predicted octanol–water partition coefficient (Wildman–Crippen LogP) is 4.12. The molecule has 0 aliphatic heterocycles. The lowest BCUT2D eigenvalue weighted by molar-refractivity contribution is -0.137. The summed E-state index contributed by atoms with van der Waals surface area (Å²) >= 11 is 0. The van der Waals surface area contributed by atoms with Crippen molar-refractivity contribution in [3.05, 3.63) is 47.9 Å². The second-order valence-corrected chi connectivity index (χ2v) is 6.68. The predicted molar refractivity (Wildman–Crippen MR) is 99.0 cm³/mol. The molecule has 0 aliphatic rings. The van der Waals surface area contributed by atoms with E-state index in [1.807, 2.05) is 20.8 Å². The normalized spacial score (nSPS) is 12.5. The van der Waals surface area contributed by atoms with Crippen molar-refractivity contribution < 1.29 is 27.2 Å². The number of benzene rings is 1. The molecule has 2 amide bonds. The number of hydrogen-bond donors (Lipinski definition) is 3. The largest absolute Gasteiger partial charge is 0.472 e. The van der Waals surface area contributed by atoms with Crippen LogP contribution in [0.5, 0.6) is 0 Å². The molecule has 2 aromatic rings. The Morgan fingerprint density at radius 3 is 2.43 bits per heavy atom. The number of amides is 2. The van der Waals surface area contributed by atoms with Crippen LogP contribution in [0.15, 0.2) is 41.2 Å². The van der Waals surface area contributed by atoms with Crippen LogP contribution < -0.4 is 16.0 Å². The number of halogens is 3. The van der Waals surface area contributed by atoms with Gasteiger partial charge in [0.05, 0.1) is 23.9 Å². The molecule has 3 N–H and O–H groups in total. The molecule has 1 aromatic heterocycles. The fourth-order valence-corrected chi connectivity index (χ4v) is 2.25. The lowest BCUT2D eigenvalue weighted by Crippen LogP contribution is -2.39. The molecule has 0 saturated carbocycles. The highest BCUT2D eigenvalue weighted by Crippen LogP contribution is 2.36. The van der Waals surface area contributed by atoms with E-state index in [1.54, 1.807) is 0 Å². The molecule has 0 spiro atoms. The number of furan rings is 1. The van der Waals surface area contributed by atoms with Crippen LogP contribution in [0.4, 0.5) is 24.5 Å². The second-order valence-electron chi connectivity index (χ2n) is 6.68. The first-order valence-electron chi connectivity index (χ1n) is 8.66. The van der Waals surface area contributed by atoms with E-state index in [0.29, 0.717) is 0 Å². The summed E-state index contributed by atoms with van der Waals surface area (Å²) < 4.78 is 45.0. The third-order valence-corrected chi connectivity index (χ3v) is 4.19. The first-order valence-corrected chi connectivity index (χ1v) is 8.66. The molecule has 152 valence electrons. The maximum Gasteiger partial charge on any atom is 0.418 e. The van der Waals surface area contributed by atoms with Gasteiger partial charge < -0.3 is 20.4 Å². The summed E-state index contributed by atoms with van der Waals surface area (Å²) in [6, 6.07) is 4.61. The van der Waals surface area contributed by atoms with Crippen LogP contribution in [0, 0.1) is 5.92 Å². The van der Waals surface area contributed by atoms with Crippen LogP contribution >= 0.6 is 0 Å². The Bertz CT molecular complexity index is 818. The number of carbonyl (C=O) groups excluding carboxylic acids is 2. The van der Waals surface area contributed by atoms with Crippen molar-refractivity contribution >= 4 is 23.2 Å². The molecule has 2 rings (SSSR count). The Balaban J connectivity index is 2.12. The van der Waals surface area contributed by atoms with Gasteiger partial charge in [0.2, 0.25) is 5.91 Å².